The van der Waals surface area contributed by atoms with Crippen LogP contribution in [-0.2, 0) is 6.54 Å². The lowest BCUT2D eigenvalue weighted by Crippen LogP contribution is -2.38. The molecule has 0 saturated carbocycles. The maximum Gasteiger partial charge on any atom is 0.0897 e. The molecule has 1 aromatic carbocycles. The molecule has 0 saturated heterocycles. The summed E-state index contributed by atoms with van der Waals surface area (Å²) in [6.45, 7) is 9.86. The molecule has 0 spiro atoms. The second-order valence-electron chi connectivity index (χ2n) is 7.59. The lowest BCUT2D eigenvalue weighted by molar-refractivity contribution is 0.391. The molecule has 154 valence electrons. The lowest BCUT2D eigenvalue weighted by Gasteiger charge is -2.34. The van der Waals surface area contributed by atoms with Gasteiger partial charge in [0, 0.05) is 43.1 Å². The molecule has 1 aromatic rings. The number of likely N-dealkylation sites (N-methyl/N-ethyl adjacent to an activating group) is 1. The molecule has 0 fully saturated rings. The zero-order valence-electron chi connectivity index (χ0n) is 18.2. The fraction of sp³-hybridized carbons (Fsp3) is 0.636. The van der Waals surface area contributed by atoms with E-state index in [1.54, 1.807) is 0 Å². The summed E-state index contributed by atoms with van der Waals surface area (Å²) < 4.78 is 0. The van der Waals surface area contributed by atoms with Gasteiger partial charge >= 0.3 is 0 Å². The molecule has 27 heavy (non-hydrogen) atoms. The van der Waals surface area contributed by atoms with Crippen LogP contribution in [0.1, 0.15) is 52.0 Å². The van der Waals surface area contributed by atoms with Gasteiger partial charge in [-0.05, 0) is 64.5 Å². The van der Waals surface area contributed by atoms with E-state index < -0.39 is 0 Å². The number of halogens is 1. The van der Waals surface area contributed by atoms with Gasteiger partial charge in [-0.2, -0.15) is 0 Å². The topological polar surface area (TPSA) is 35.7 Å². The molecule has 0 aliphatic heterocycles. The second kappa shape index (κ2) is 12.3. The average Bonchev–Trinajstić information content (AvgIpc) is 2.60. The molecular weight excluding hydrogens is 356 g/mol. The van der Waals surface area contributed by atoms with E-state index in [-0.39, 0.29) is 0 Å². The van der Waals surface area contributed by atoms with Crippen molar-refractivity contribution >= 4 is 17.3 Å². The fourth-order valence-corrected chi connectivity index (χ4v) is 3.65. The molecule has 0 bridgehead atoms. The predicted octanol–water partition coefficient (Wildman–Crippen LogP) is 4.93. The molecule has 0 atom stereocenters. The van der Waals surface area contributed by atoms with E-state index in [0.717, 1.165) is 31.2 Å². The number of hydrogen-bond acceptors (Lipinski definition) is 4. The monoisotopic (exact) mass is 394 g/mol. The van der Waals surface area contributed by atoms with Crippen LogP contribution in [-0.4, -0.2) is 50.7 Å². The number of hydrogen-bond donors (Lipinski definition) is 1. The Labute approximate surface area is 172 Å². The zero-order valence-corrected chi connectivity index (χ0v) is 18.9. The lowest BCUT2D eigenvalue weighted by atomic mass is 10.1. The summed E-state index contributed by atoms with van der Waals surface area (Å²) in [5.74, 6) is 0. The minimum absolute atomic E-state index is 0.581. The summed E-state index contributed by atoms with van der Waals surface area (Å²) in [5, 5.41) is 0.786. The number of unbranched alkanes of at least 4 members (excludes halogenated alkanes) is 2. The van der Waals surface area contributed by atoms with E-state index in [1.165, 1.54) is 41.8 Å². The Balaban J connectivity index is 3.01. The van der Waals surface area contributed by atoms with Crippen LogP contribution in [0.25, 0.3) is 0 Å². The van der Waals surface area contributed by atoms with Crippen LogP contribution in [0.15, 0.2) is 29.5 Å². The third kappa shape index (κ3) is 7.73. The van der Waals surface area contributed by atoms with E-state index >= 15 is 0 Å². The van der Waals surface area contributed by atoms with Gasteiger partial charge in [-0.3, -0.25) is 0 Å². The maximum atomic E-state index is 6.26. The van der Waals surface area contributed by atoms with Crippen molar-refractivity contribution in [2.75, 3.05) is 45.8 Å². The van der Waals surface area contributed by atoms with Crippen molar-refractivity contribution in [3.05, 3.63) is 40.1 Å². The fourth-order valence-electron chi connectivity index (χ4n) is 3.46. The van der Waals surface area contributed by atoms with Gasteiger partial charge in [0.2, 0.25) is 0 Å². The number of benzene rings is 1. The summed E-state index contributed by atoms with van der Waals surface area (Å²) in [6.07, 6.45) is 4.89. The third-order valence-corrected chi connectivity index (χ3v) is 5.17. The summed E-state index contributed by atoms with van der Waals surface area (Å²) in [7, 11) is 6.32. The van der Waals surface area contributed by atoms with Crippen molar-refractivity contribution < 1.29 is 0 Å². The van der Waals surface area contributed by atoms with Crippen LogP contribution in [0.5, 0.6) is 0 Å². The Morgan fingerprint density at radius 3 is 2.37 bits per heavy atom. The van der Waals surface area contributed by atoms with Gasteiger partial charge in [0.25, 0.3) is 0 Å². The quantitative estimate of drug-likeness (QED) is 0.402. The molecule has 2 N–H and O–H groups in total. The number of nitrogens with two attached hydrogens (primary N) is 1. The highest BCUT2D eigenvalue weighted by Crippen LogP contribution is 2.26. The van der Waals surface area contributed by atoms with Crippen molar-refractivity contribution in [1.82, 2.24) is 9.80 Å². The standard InChI is InChI=1S/C22H39ClN4/c1-7-9-10-11-18(3)22(15-24)26(6)17-27(8-2)21-13-12-20(23)14-19(21)16-25(4)5/h12-14H,7-11,15-17,24H2,1-6H3/b22-18-. The Kier molecular flexibility index (Phi) is 10.8. The molecule has 1 rings (SSSR count). The Morgan fingerprint density at radius 1 is 1.11 bits per heavy atom. The van der Waals surface area contributed by atoms with Gasteiger partial charge < -0.3 is 20.4 Å². The first-order valence-corrected chi connectivity index (χ1v) is 10.5. The maximum absolute atomic E-state index is 6.26. The molecule has 0 aromatic heterocycles. The van der Waals surface area contributed by atoms with E-state index in [9.17, 15) is 0 Å². The molecule has 0 unspecified atom stereocenters. The second-order valence-corrected chi connectivity index (χ2v) is 8.03. The largest absolute Gasteiger partial charge is 0.359 e. The smallest absolute Gasteiger partial charge is 0.0897 e. The average molecular weight is 395 g/mol. The Hall–Kier alpha value is -1.23. The van der Waals surface area contributed by atoms with Crippen molar-refractivity contribution in [3.63, 3.8) is 0 Å². The normalized spacial score (nSPS) is 12.3. The minimum atomic E-state index is 0.581. The summed E-state index contributed by atoms with van der Waals surface area (Å²) in [6, 6.07) is 6.20. The molecule has 0 heterocycles. The summed E-state index contributed by atoms with van der Waals surface area (Å²) in [5.41, 5.74) is 11.3. The van der Waals surface area contributed by atoms with Crippen LogP contribution < -0.4 is 10.6 Å². The highest BCUT2D eigenvalue weighted by atomic mass is 35.5. The SMILES string of the molecule is CCCCC/C(C)=C(/CN)N(C)CN(CC)c1ccc(Cl)cc1CN(C)C. The first kappa shape index (κ1) is 23.8. The number of nitrogens with zero attached hydrogens (tertiary/aromatic N) is 3. The minimum Gasteiger partial charge on any atom is -0.359 e. The van der Waals surface area contributed by atoms with Gasteiger partial charge in [-0.25, -0.2) is 0 Å². The molecule has 5 heteroatoms. The molecule has 0 radical (unpaired) electrons. The van der Waals surface area contributed by atoms with Crippen molar-refractivity contribution in [1.29, 1.82) is 0 Å². The predicted molar refractivity (Wildman–Crippen MR) is 120 cm³/mol. The molecule has 0 amide bonds. The van der Waals surface area contributed by atoms with Crippen LogP contribution >= 0.6 is 11.6 Å². The number of anilines is 1. The molecule has 0 aliphatic rings. The van der Waals surface area contributed by atoms with Crippen LogP contribution in [0, 0.1) is 0 Å². The summed E-state index contributed by atoms with van der Waals surface area (Å²) in [4.78, 5) is 6.87. The van der Waals surface area contributed by atoms with Gasteiger partial charge in [0.1, 0.15) is 0 Å². The van der Waals surface area contributed by atoms with E-state index in [1.807, 2.05) is 6.07 Å². The van der Waals surface area contributed by atoms with E-state index in [4.69, 9.17) is 17.3 Å². The van der Waals surface area contributed by atoms with Crippen LogP contribution in [0.4, 0.5) is 5.69 Å². The number of rotatable bonds is 12. The molecular formula is C22H39ClN4. The third-order valence-electron chi connectivity index (χ3n) is 4.94. The Morgan fingerprint density at radius 2 is 1.81 bits per heavy atom. The Bertz CT molecular complexity index is 598. The first-order chi connectivity index (χ1) is 12.8. The van der Waals surface area contributed by atoms with E-state index in [2.05, 4.69) is 68.7 Å². The van der Waals surface area contributed by atoms with Crippen molar-refractivity contribution in [2.24, 2.45) is 5.73 Å². The highest BCUT2D eigenvalue weighted by molar-refractivity contribution is 6.30. The number of allylic oxidation sites excluding steroid dienone is 1. The van der Waals surface area contributed by atoms with Gasteiger partial charge in [-0.15, -0.1) is 0 Å². The highest BCUT2D eigenvalue weighted by Gasteiger charge is 2.15. The van der Waals surface area contributed by atoms with Crippen LogP contribution in [0.2, 0.25) is 5.02 Å². The van der Waals surface area contributed by atoms with Gasteiger partial charge in [0.05, 0.1) is 6.67 Å². The van der Waals surface area contributed by atoms with E-state index in [0.29, 0.717) is 6.54 Å². The van der Waals surface area contributed by atoms with Crippen molar-refractivity contribution in [2.45, 2.75) is 53.0 Å². The first-order valence-electron chi connectivity index (χ1n) is 10.1. The van der Waals surface area contributed by atoms with Gasteiger partial charge in [0.15, 0.2) is 0 Å². The van der Waals surface area contributed by atoms with Crippen LogP contribution in [0.3, 0.4) is 0 Å². The summed E-state index contributed by atoms with van der Waals surface area (Å²) >= 11 is 6.26. The molecule has 0 aliphatic carbocycles. The zero-order chi connectivity index (χ0) is 20.4. The molecule has 4 nitrogen and oxygen atoms in total. The van der Waals surface area contributed by atoms with Crippen molar-refractivity contribution in [3.8, 4) is 0 Å². The van der Waals surface area contributed by atoms with Gasteiger partial charge in [-0.1, -0.05) is 36.9 Å².